The van der Waals surface area contributed by atoms with Crippen LogP contribution in [0.5, 0.6) is 0 Å². The molecular weight excluding hydrogens is 293 g/mol. The summed E-state index contributed by atoms with van der Waals surface area (Å²) < 4.78 is 13.0. The molecule has 2 aromatic carbocycles. The highest BCUT2D eigenvalue weighted by Gasteiger charge is 2.06. The van der Waals surface area contributed by atoms with Crippen molar-refractivity contribution in [3.05, 3.63) is 64.4 Å². The molecule has 0 radical (unpaired) electrons. The van der Waals surface area contributed by atoms with Crippen molar-refractivity contribution in [2.75, 3.05) is 7.05 Å². The number of rotatable bonds is 5. The molecule has 2 rings (SSSR count). The summed E-state index contributed by atoms with van der Waals surface area (Å²) in [6.45, 7) is 2.13. The molecule has 0 fully saturated rings. The van der Waals surface area contributed by atoms with Crippen molar-refractivity contribution in [1.29, 1.82) is 0 Å². The van der Waals surface area contributed by atoms with Crippen LogP contribution in [0.3, 0.4) is 0 Å². The van der Waals surface area contributed by atoms with Gasteiger partial charge in [-0.1, -0.05) is 29.8 Å². The van der Waals surface area contributed by atoms with E-state index in [0.717, 1.165) is 11.3 Å². The molecule has 0 aliphatic heterocycles. The van der Waals surface area contributed by atoms with Crippen molar-refractivity contribution < 1.29 is 4.39 Å². The average molecular weight is 310 g/mol. The Hall–Kier alpha value is -1.03. The second-order valence-electron chi connectivity index (χ2n) is 4.61. The smallest absolute Gasteiger partial charge is 0.124 e. The molecule has 1 N–H and O–H groups in total. The van der Waals surface area contributed by atoms with Crippen molar-refractivity contribution in [3.8, 4) is 0 Å². The van der Waals surface area contributed by atoms with Crippen LogP contribution < -0.4 is 5.32 Å². The molecule has 1 atom stereocenters. The highest BCUT2D eigenvalue weighted by Crippen LogP contribution is 2.28. The number of hydrogen-bond acceptors (Lipinski definition) is 2. The van der Waals surface area contributed by atoms with Gasteiger partial charge in [0.25, 0.3) is 0 Å². The Morgan fingerprint density at radius 1 is 1.25 bits per heavy atom. The first-order valence-corrected chi connectivity index (χ1v) is 7.80. The summed E-state index contributed by atoms with van der Waals surface area (Å²) in [4.78, 5) is 1.19. The quantitative estimate of drug-likeness (QED) is 0.775. The summed E-state index contributed by atoms with van der Waals surface area (Å²) in [6, 6.07) is 13.3. The Kier molecular flexibility index (Phi) is 5.46. The van der Waals surface area contributed by atoms with E-state index < -0.39 is 0 Å². The summed E-state index contributed by atoms with van der Waals surface area (Å²) in [6.07, 6.45) is 0. The monoisotopic (exact) mass is 309 g/mol. The van der Waals surface area contributed by atoms with E-state index in [2.05, 4.69) is 36.5 Å². The molecule has 0 saturated heterocycles. The van der Waals surface area contributed by atoms with Crippen LogP contribution in [0, 0.1) is 5.82 Å². The van der Waals surface area contributed by atoms with Crippen molar-refractivity contribution >= 4 is 23.4 Å². The van der Waals surface area contributed by atoms with Gasteiger partial charge in [0.1, 0.15) is 5.82 Å². The van der Waals surface area contributed by atoms with E-state index >= 15 is 0 Å². The number of thioether (sulfide) groups is 1. The molecule has 0 saturated carbocycles. The number of halogens is 2. The summed E-state index contributed by atoms with van der Waals surface area (Å²) in [5.41, 5.74) is 2.20. The number of hydrogen-bond donors (Lipinski definition) is 1. The van der Waals surface area contributed by atoms with Crippen molar-refractivity contribution in [2.24, 2.45) is 0 Å². The van der Waals surface area contributed by atoms with Crippen LogP contribution in [0.1, 0.15) is 24.1 Å². The van der Waals surface area contributed by atoms with Crippen LogP contribution in [0.2, 0.25) is 5.02 Å². The highest BCUT2D eigenvalue weighted by atomic mass is 35.5. The minimum atomic E-state index is -0.298. The van der Waals surface area contributed by atoms with E-state index in [1.807, 2.05) is 7.05 Å². The van der Waals surface area contributed by atoms with Gasteiger partial charge >= 0.3 is 0 Å². The molecule has 0 aromatic heterocycles. The molecule has 0 aliphatic carbocycles. The summed E-state index contributed by atoms with van der Waals surface area (Å²) in [5, 5.41) is 3.71. The minimum absolute atomic E-state index is 0.298. The van der Waals surface area contributed by atoms with Gasteiger partial charge in [-0.3, -0.25) is 0 Å². The first-order valence-electron chi connectivity index (χ1n) is 6.44. The molecule has 0 aliphatic rings. The van der Waals surface area contributed by atoms with Gasteiger partial charge in [0, 0.05) is 21.7 Å². The Balaban J connectivity index is 2.07. The fraction of sp³-hybridized carbons (Fsp3) is 0.250. The third-order valence-corrected chi connectivity index (χ3v) is 4.60. The average Bonchev–Trinajstić information content (AvgIpc) is 2.46. The minimum Gasteiger partial charge on any atom is -0.313 e. The summed E-state index contributed by atoms with van der Waals surface area (Å²) in [7, 11) is 1.95. The molecular formula is C16H17ClFNS. The van der Waals surface area contributed by atoms with E-state index in [0.29, 0.717) is 11.1 Å². The lowest BCUT2D eigenvalue weighted by molar-refractivity contribution is 0.627. The zero-order valence-electron chi connectivity index (χ0n) is 11.5. The molecule has 1 nitrogen and oxygen atoms in total. The van der Waals surface area contributed by atoms with Gasteiger partial charge < -0.3 is 5.32 Å². The third-order valence-electron chi connectivity index (χ3n) is 3.20. The first kappa shape index (κ1) is 15.4. The van der Waals surface area contributed by atoms with E-state index in [1.165, 1.54) is 22.6 Å². The lowest BCUT2D eigenvalue weighted by Gasteiger charge is -2.12. The zero-order chi connectivity index (χ0) is 14.5. The summed E-state index contributed by atoms with van der Waals surface area (Å²) in [5.74, 6) is 0.435. The molecule has 0 bridgehead atoms. The SMILES string of the molecule is CNC(C)c1cccc(SCc2ccc(F)cc2Cl)c1. The van der Waals surface area contributed by atoms with Gasteiger partial charge in [-0.2, -0.15) is 0 Å². The topological polar surface area (TPSA) is 12.0 Å². The normalized spacial score (nSPS) is 12.4. The second kappa shape index (κ2) is 7.11. The van der Waals surface area contributed by atoms with Crippen LogP contribution in [-0.2, 0) is 5.75 Å². The van der Waals surface area contributed by atoms with Gasteiger partial charge in [0.05, 0.1) is 0 Å². The second-order valence-corrected chi connectivity index (χ2v) is 6.06. The molecule has 2 aromatic rings. The number of benzene rings is 2. The third kappa shape index (κ3) is 3.98. The fourth-order valence-corrected chi connectivity index (χ4v) is 3.12. The molecule has 4 heteroatoms. The maximum Gasteiger partial charge on any atom is 0.124 e. The van der Waals surface area contributed by atoms with E-state index in [1.54, 1.807) is 17.8 Å². The first-order chi connectivity index (χ1) is 9.60. The van der Waals surface area contributed by atoms with Crippen LogP contribution in [-0.4, -0.2) is 7.05 Å². The zero-order valence-corrected chi connectivity index (χ0v) is 13.1. The van der Waals surface area contributed by atoms with Crippen molar-refractivity contribution in [2.45, 2.75) is 23.6 Å². The van der Waals surface area contributed by atoms with Gasteiger partial charge in [-0.15, -0.1) is 11.8 Å². The van der Waals surface area contributed by atoms with Crippen LogP contribution >= 0.6 is 23.4 Å². The Bertz CT molecular complexity index is 588. The lowest BCUT2D eigenvalue weighted by atomic mass is 10.1. The van der Waals surface area contributed by atoms with Crippen molar-refractivity contribution in [3.63, 3.8) is 0 Å². The van der Waals surface area contributed by atoms with Gasteiger partial charge in [-0.25, -0.2) is 4.39 Å². The van der Waals surface area contributed by atoms with Crippen LogP contribution in [0.4, 0.5) is 4.39 Å². The molecule has 106 valence electrons. The van der Waals surface area contributed by atoms with E-state index in [4.69, 9.17) is 11.6 Å². The van der Waals surface area contributed by atoms with Crippen LogP contribution in [0.15, 0.2) is 47.4 Å². The summed E-state index contributed by atoms with van der Waals surface area (Å²) >= 11 is 7.74. The van der Waals surface area contributed by atoms with Gasteiger partial charge in [-0.05, 0) is 49.4 Å². The fourth-order valence-electron chi connectivity index (χ4n) is 1.84. The van der Waals surface area contributed by atoms with Gasteiger partial charge in [0.15, 0.2) is 0 Å². The molecule has 0 spiro atoms. The maximum atomic E-state index is 13.0. The maximum absolute atomic E-state index is 13.0. The van der Waals surface area contributed by atoms with E-state index in [-0.39, 0.29) is 5.82 Å². The molecule has 0 amide bonds. The Morgan fingerprint density at radius 3 is 2.75 bits per heavy atom. The molecule has 1 unspecified atom stereocenters. The highest BCUT2D eigenvalue weighted by molar-refractivity contribution is 7.98. The molecule has 0 heterocycles. The van der Waals surface area contributed by atoms with E-state index in [9.17, 15) is 4.39 Å². The predicted molar refractivity (Wildman–Crippen MR) is 84.9 cm³/mol. The van der Waals surface area contributed by atoms with Crippen LogP contribution in [0.25, 0.3) is 0 Å². The predicted octanol–water partition coefficient (Wildman–Crippen LogP) is 5.05. The van der Waals surface area contributed by atoms with Crippen molar-refractivity contribution in [1.82, 2.24) is 5.32 Å². The standard InChI is InChI=1S/C16H17ClFNS/c1-11(19-2)12-4-3-5-15(8-12)20-10-13-6-7-14(18)9-16(13)17/h3-9,11,19H,10H2,1-2H3. The van der Waals surface area contributed by atoms with Gasteiger partial charge in [0.2, 0.25) is 0 Å². The largest absolute Gasteiger partial charge is 0.313 e. The Morgan fingerprint density at radius 2 is 2.05 bits per heavy atom. The number of nitrogens with one attached hydrogen (secondary N) is 1. The molecule has 20 heavy (non-hydrogen) atoms. The lowest BCUT2D eigenvalue weighted by Crippen LogP contribution is -2.11. The Labute approximate surface area is 128 Å².